The fourth-order valence-corrected chi connectivity index (χ4v) is 1.98. The molecular weight excluding hydrogens is 260 g/mol. The van der Waals surface area contributed by atoms with Gasteiger partial charge < -0.3 is 4.74 Å². The maximum Gasteiger partial charge on any atom is 0.312 e. The van der Waals surface area contributed by atoms with Gasteiger partial charge in [0.25, 0.3) is 0 Å². The number of rotatable bonds is 3. The molecule has 1 atom stereocenters. The molecule has 0 aliphatic rings. The summed E-state index contributed by atoms with van der Waals surface area (Å²) in [6.07, 6.45) is -0.362. The highest BCUT2D eigenvalue weighted by atomic mass is 16.5. The van der Waals surface area contributed by atoms with Crippen LogP contribution in [0.1, 0.15) is 43.6 Å². The SMILES string of the molecule is Cc1ccc(C(OC(=O)C(C)(C)C)c2ccccc2)cc1. The minimum absolute atomic E-state index is 0.197. The Morgan fingerprint density at radius 3 is 1.95 bits per heavy atom. The van der Waals surface area contributed by atoms with Crippen LogP contribution >= 0.6 is 0 Å². The lowest BCUT2D eigenvalue weighted by molar-refractivity contribution is -0.157. The minimum Gasteiger partial charge on any atom is -0.452 e. The first-order valence-electron chi connectivity index (χ1n) is 7.20. The fourth-order valence-electron chi connectivity index (χ4n) is 1.98. The van der Waals surface area contributed by atoms with Gasteiger partial charge in [0, 0.05) is 0 Å². The summed E-state index contributed by atoms with van der Waals surface area (Å²) in [5.41, 5.74) is 2.65. The molecular formula is C19H22O2. The van der Waals surface area contributed by atoms with Crippen LogP contribution in [-0.2, 0) is 9.53 Å². The molecule has 0 aliphatic carbocycles. The molecule has 0 amide bonds. The largest absolute Gasteiger partial charge is 0.452 e. The Balaban J connectivity index is 2.36. The first kappa shape index (κ1) is 15.3. The second-order valence-corrected chi connectivity index (χ2v) is 6.36. The zero-order valence-corrected chi connectivity index (χ0v) is 13.1. The molecule has 2 nitrogen and oxygen atoms in total. The Labute approximate surface area is 126 Å². The van der Waals surface area contributed by atoms with Crippen LogP contribution in [0.2, 0.25) is 0 Å². The summed E-state index contributed by atoms with van der Waals surface area (Å²) >= 11 is 0. The van der Waals surface area contributed by atoms with Crippen LogP contribution in [0.25, 0.3) is 0 Å². The van der Waals surface area contributed by atoms with E-state index in [2.05, 4.69) is 0 Å². The highest BCUT2D eigenvalue weighted by molar-refractivity contribution is 5.76. The van der Waals surface area contributed by atoms with Crippen molar-refractivity contribution in [1.29, 1.82) is 0 Å². The third kappa shape index (κ3) is 3.94. The number of carbonyl (C=O) groups is 1. The smallest absolute Gasteiger partial charge is 0.312 e. The second kappa shape index (κ2) is 6.13. The van der Waals surface area contributed by atoms with Crippen molar-refractivity contribution < 1.29 is 9.53 Å². The molecule has 0 radical (unpaired) electrons. The molecule has 0 bridgehead atoms. The van der Waals surface area contributed by atoms with Crippen LogP contribution in [0.5, 0.6) is 0 Å². The first-order valence-corrected chi connectivity index (χ1v) is 7.20. The highest BCUT2D eigenvalue weighted by Crippen LogP contribution is 2.29. The third-order valence-electron chi connectivity index (χ3n) is 3.32. The van der Waals surface area contributed by atoms with Gasteiger partial charge in [0.15, 0.2) is 6.10 Å². The maximum atomic E-state index is 12.3. The molecule has 2 heteroatoms. The summed E-state index contributed by atoms with van der Waals surface area (Å²) in [5.74, 6) is -0.197. The van der Waals surface area contributed by atoms with E-state index < -0.39 is 5.41 Å². The molecule has 0 aliphatic heterocycles. The Hall–Kier alpha value is -2.09. The number of benzene rings is 2. The summed E-state index contributed by atoms with van der Waals surface area (Å²) in [6.45, 7) is 7.65. The van der Waals surface area contributed by atoms with Crippen LogP contribution in [0.3, 0.4) is 0 Å². The second-order valence-electron chi connectivity index (χ2n) is 6.36. The predicted molar refractivity (Wildman–Crippen MR) is 85.0 cm³/mol. The number of esters is 1. The van der Waals surface area contributed by atoms with Crippen LogP contribution in [0, 0.1) is 12.3 Å². The summed E-state index contributed by atoms with van der Waals surface area (Å²) < 4.78 is 5.79. The molecule has 0 N–H and O–H groups in total. The summed E-state index contributed by atoms with van der Waals surface area (Å²) in [5, 5.41) is 0. The van der Waals surface area contributed by atoms with Crippen LogP contribution < -0.4 is 0 Å². The van der Waals surface area contributed by atoms with E-state index in [1.165, 1.54) is 5.56 Å². The molecule has 0 fully saturated rings. The lowest BCUT2D eigenvalue weighted by Crippen LogP contribution is -2.25. The van der Waals surface area contributed by atoms with E-state index in [9.17, 15) is 4.79 Å². The van der Waals surface area contributed by atoms with Crippen molar-refractivity contribution in [1.82, 2.24) is 0 Å². The third-order valence-corrected chi connectivity index (χ3v) is 3.32. The van der Waals surface area contributed by atoms with Crippen molar-refractivity contribution in [2.75, 3.05) is 0 Å². The molecule has 21 heavy (non-hydrogen) atoms. The molecule has 2 aromatic carbocycles. The van der Waals surface area contributed by atoms with Crippen molar-refractivity contribution in [3.8, 4) is 0 Å². The van der Waals surface area contributed by atoms with Gasteiger partial charge in [-0.25, -0.2) is 0 Å². The number of aryl methyl sites for hydroxylation is 1. The average molecular weight is 282 g/mol. The summed E-state index contributed by atoms with van der Waals surface area (Å²) in [6, 6.07) is 18.0. The van der Waals surface area contributed by atoms with E-state index in [1.807, 2.05) is 82.3 Å². The molecule has 0 spiro atoms. The standard InChI is InChI=1S/C19H22O2/c1-14-10-12-16(13-11-14)17(15-8-6-5-7-9-15)21-18(20)19(2,3)4/h5-13,17H,1-4H3. The van der Waals surface area contributed by atoms with E-state index in [-0.39, 0.29) is 12.1 Å². The van der Waals surface area contributed by atoms with E-state index in [0.717, 1.165) is 11.1 Å². The van der Waals surface area contributed by atoms with E-state index in [4.69, 9.17) is 4.74 Å². The number of hydrogen-bond acceptors (Lipinski definition) is 2. The predicted octanol–water partition coefficient (Wildman–Crippen LogP) is 4.67. The first-order chi connectivity index (χ1) is 9.88. The van der Waals surface area contributed by atoms with Crippen molar-refractivity contribution in [2.45, 2.75) is 33.8 Å². The van der Waals surface area contributed by atoms with Crippen LogP contribution in [0.15, 0.2) is 54.6 Å². The molecule has 0 aromatic heterocycles. The van der Waals surface area contributed by atoms with Gasteiger partial charge in [-0.05, 0) is 38.8 Å². The van der Waals surface area contributed by atoms with Crippen LogP contribution in [0.4, 0.5) is 0 Å². The molecule has 0 saturated carbocycles. The Kier molecular flexibility index (Phi) is 4.46. The normalized spacial score (nSPS) is 12.8. The van der Waals surface area contributed by atoms with Gasteiger partial charge in [-0.2, -0.15) is 0 Å². The van der Waals surface area contributed by atoms with Crippen molar-refractivity contribution in [2.24, 2.45) is 5.41 Å². The Bertz CT molecular complexity index is 592. The topological polar surface area (TPSA) is 26.3 Å². The molecule has 110 valence electrons. The fraction of sp³-hybridized carbons (Fsp3) is 0.316. The van der Waals surface area contributed by atoms with Crippen LogP contribution in [-0.4, -0.2) is 5.97 Å². The van der Waals surface area contributed by atoms with E-state index in [1.54, 1.807) is 0 Å². The van der Waals surface area contributed by atoms with Crippen molar-refractivity contribution >= 4 is 5.97 Å². The number of hydrogen-bond donors (Lipinski definition) is 0. The van der Waals surface area contributed by atoms with Gasteiger partial charge in [0.05, 0.1) is 5.41 Å². The Morgan fingerprint density at radius 2 is 1.43 bits per heavy atom. The minimum atomic E-state index is -0.516. The Morgan fingerprint density at radius 1 is 0.905 bits per heavy atom. The monoisotopic (exact) mass is 282 g/mol. The molecule has 0 heterocycles. The average Bonchev–Trinajstić information content (AvgIpc) is 2.45. The maximum absolute atomic E-state index is 12.3. The van der Waals surface area contributed by atoms with Gasteiger partial charge in [-0.15, -0.1) is 0 Å². The van der Waals surface area contributed by atoms with Crippen molar-refractivity contribution in [3.63, 3.8) is 0 Å². The van der Waals surface area contributed by atoms with Gasteiger partial charge in [-0.3, -0.25) is 4.79 Å². The zero-order valence-electron chi connectivity index (χ0n) is 13.1. The molecule has 2 aromatic rings. The highest BCUT2D eigenvalue weighted by Gasteiger charge is 2.27. The number of ether oxygens (including phenoxy) is 1. The lowest BCUT2D eigenvalue weighted by Gasteiger charge is -2.24. The molecule has 1 unspecified atom stereocenters. The van der Waals surface area contributed by atoms with Gasteiger partial charge in [0.2, 0.25) is 0 Å². The lowest BCUT2D eigenvalue weighted by atomic mass is 9.96. The van der Waals surface area contributed by atoms with Gasteiger partial charge in [0.1, 0.15) is 0 Å². The van der Waals surface area contributed by atoms with E-state index >= 15 is 0 Å². The van der Waals surface area contributed by atoms with Crippen molar-refractivity contribution in [3.05, 3.63) is 71.3 Å². The van der Waals surface area contributed by atoms with E-state index in [0.29, 0.717) is 0 Å². The van der Waals surface area contributed by atoms with Gasteiger partial charge in [-0.1, -0.05) is 60.2 Å². The molecule has 2 rings (SSSR count). The zero-order chi connectivity index (χ0) is 15.5. The summed E-state index contributed by atoms with van der Waals surface area (Å²) in [7, 11) is 0. The van der Waals surface area contributed by atoms with Gasteiger partial charge >= 0.3 is 5.97 Å². The summed E-state index contributed by atoms with van der Waals surface area (Å²) in [4.78, 5) is 12.3. The molecule has 0 saturated heterocycles. The quantitative estimate of drug-likeness (QED) is 0.764. The number of carbonyl (C=O) groups excluding carboxylic acids is 1.